The number of aliphatic imine (C=N–C) groups is 1. The molecule has 2 saturated heterocycles. The van der Waals surface area contributed by atoms with Crippen molar-refractivity contribution in [1.29, 1.82) is 0 Å². The van der Waals surface area contributed by atoms with Crippen LogP contribution in [0.5, 0.6) is 0 Å². The molecule has 1 aliphatic carbocycles. The van der Waals surface area contributed by atoms with Gasteiger partial charge in [0, 0.05) is 58.5 Å². The summed E-state index contributed by atoms with van der Waals surface area (Å²) in [5, 5.41) is 7.13. The van der Waals surface area contributed by atoms with Gasteiger partial charge in [-0.15, -0.1) is 24.0 Å². The van der Waals surface area contributed by atoms with Gasteiger partial charge in [0.25, 0.3) is 0 Å². The van der Waals surface area contributed by atoms with Crippen LogP contribution in [0.25, 0.3) is 0 Å². The maximum atomic E-state index is 11.9. The number of guanidine groups is 1. The molecule has 8 heteroatoms. The van der Waals surface area contributed by atoms with Gasteiger partial charge in [0.1, 0.15) is 6.54 Å². The molecule has 0 radical (unpaired) electrons. The van der Waals surface area contributed by atoms with E-state index in [0.29, 0.717) is 18.0 Å². The summed E-state index contributed by atoms with van der Waals surface area (Å²) < 4.78 is 5.44. The standard InChI is InChI=1S/C18H33N5O2.HI/c1-13-11-23(15-4-5-15)12-16(13)21-18(19-10-17(24)22(2)3)20-14-6-8-25-9-7-14;/h13-16H,4-12H2,1-3H3,(H2,19,20,21);1H. The van der Waals surface area contributed by atoms with Gasteiger partial charge in [0.15, 0.2) is 5.96 Å². The number of likely N-dealkylation sites (N-methyl/N-ethyl adjacent to an activating group) is 1. The molecule has 0 spiro atoms. The molecule has 26 heavy (non-hydrogen) atoms. The number of ether oxygens (including phenoxy) is 1. The fraction of sp³-hybridized carbons (Fsp3) is 0.889. The highest BCUT2D eigenvalue weighted by molar-refractivity contribution is 14.0. The minimum absolute atomic E-state index is 0. The van der Waals surface area contributed by atoms with E-state index in [1.54, 1.807) is 19.0 Å². The Bertz CT molecular complexity index is 492. The predicted molar refractivity (Wildman–Crippen MR) is 114 cm³/mol. The zero-order valence-electron chi connectivity index (χ0n) is 16.2. The van der Waals surface area contributed by atoms with Crippen LogP contribution in [-0.2, 0) is 9.53 Å². The van der Waals surface area contributed by atoms with E-state index in [-0.39, 0.29) is 36.4 Å². The topological polar surface area (TPSA) is 69.2 Å². The molecule has 1 amide bonds. The number of amides is 1. The van der Waals surface area contributed by atoms with E-state index in [0.717, 1.165) is 51.1 Å². The van der Waals surface area contributed by atoms with Crippen LogP contribution in [0.1, 0.15) is 32.6 Å². The van der Waals surface area contributed by atoms with E-state index in [2.05, 4.69) is 27.4 Å². The molecule has 150 valence electrons. The van der Waals surface area contributed by atoms with Gasteiger partial charge < -0.3 is 20.3 Å². The van der Waals surface area contributed by atoms with E-state index >= 15 is 0 Å². The lowest BCUT2D eigenvalue weighted by molar-refractivity contribution is -0.127. The zero-order chi connectivity index (χ0) is 17.8. The van der Waals surface area contributed by atoms with Crippen LogP contribution >= 0.6 is 24.0 Å². The van der Waals surface area contributed by atoms with Gasteiger partial charge in [0.05, 0.1) is 0 Å². The van der Waals surface area contributed by atoms with Gasteiger partial charge in [0.2, 0.25) is 5.91 Å². The Kier molecular flexibility index (Phi) is 8.41. The van der Waals surface area contributed by atoms with Crippen molar-refractivity contribution in [3.05, 3.63) is 0 Å². The largest absolute Gasteiger partial charge is 0.381 e. The fourth-order valence-electron chi connectivity index (χ4n) is 3.56. The molecule has 1 saturated carbocycles. The molecule has 3 rings (SSSR count). The number of carbonyl (C=O) groups is 1. The molecule has 7 nitrogen and oxygen atoms in total. The molecular formula is C18H34IN5O2. The maximum Gasteiger partial charge on any atom is 0.243 e. The molecule has 2 aliphatic heterocycles. The van der Waals surface area contributed by atoms with E-state index in [4.69, 9.17) is 4.74 Å². The molecule has 3 fully saturated rings. The molecule has 2 N–H and O–H groups in total. The average molecular weight is 479 g/mol. The van der Waals surface area contributed by atoms with Gasteiger partial charge in [-0.05, 0) is 31.6 Å². The third kappa shape index (κ3) is 6.23. The van der Waals surface area contributed by atoms with Crippen LogP contribution in [0.2, 0.25) is 0 Å². The number of nitrogens with one attached hydrogen (secondary N) is 2. The number of likely N-dealkylation sites (tertiary alicyclic amines) is 1. The Morgan fingerprint density at radius 1 is 1.15 bits per heavy atom. The monoisotopic (exact) mass is 479 g/mol. The molecule has 0 aromatic heterocycles. The summed E-state index contributed by atoms with van der Waals surface area (Å²) in [6.45, 7) is 6.29. The van der Waals surface area contributed by atoms with E-state index < -0.39 is 0 Å². The number of rotatable bonds is 5. The van der Waals surface area contributed by atoms with Crippen LogP contribution in [0.15, 0.2) is 4.99 Å². The average Bonchev–Trinajstić information content (AvgIpc) is 3.38. The summed E-state index contributed by atoms with van der Waals surface area (Å²) in [6, 6.07) is 1.56. The molecule has 2 atom stereocenters. The third-order valence-corrected chi connectivity index (χ3v) is 5.46. The first-order chi connectivity index (χ1) is 12.0. The van der Waals surface area contributed by atoms with Gasteiger partial charge in [-0.3, -0.25) is 9.69 Å². The lowest BCUT2D eigenvalue weighted by Crippen LogP contribution is -2.51. The third-order valence-electron chi connectivity index (χ3n) is 5.46. The van der Waals surface area contributed by atoms with Crippen molar-refractivity contribution in [1.82, 2.24) is 20.4 Å². The van der Waals surface area contributed by atoms with Gasteiger partial charge in [-0.25, -0.2) is 4.99 Å². The van der Waals surface area contributed by atoms with Crippen LogP contribution in [0.3, 0.4) is 0 Å². The van der Waals surface area contributed by atoms with Crippen molar-refractivity contribution in [2.24, 2.45) is 10.9 Å². The first-order valence-electron chi connectivity index (χ1n) is 9.62. The normalized spacial score (nSPS) is 27.7. The molecule has 0 aromatic carbocycles. The quantitative estimate of drug-likeness (QED) is 0.349. The van der Waals surface area contributed by atoms with E-state index in [1.807, 2.05) is 0 Å². The zero-order valence-corrected chi connectivity index (χ0v) is 18.6. The van der Waals surface area contributed by atoms with Crippen molar-refractivity contribution in [3.8, 4) is 0 Å². The predicted octanol–water partition coefficient (Wildman–Crippen LogP) is 0.890. The molecular weight excluding hydrogens is 445 g/mol. The first kappa shape index (κ1) is 21.7. The number of carbonyl (C=O) groups excluding carboxylic acids is 1. The van der Waals surface area contributed by atoms with Crippen LogP contribution < -0.4 is 10.6 Å². The summed E-state index contributed by atoms with van der Waals surface area (Å²) in [7, 11) is 3.53. The molecule has 0 aromatic rings. The van der Waals surface area contributed by atoms with Gasteiger partial charge in [-0.1, -0.05) is 6.92 Å². The van der Waals surface area contributed by atoms with Crippen LogP contribution in [0.4, 0.5) is 0 Å². The number of hydrogen-bond donors (Lipinski definition) is 2. The lowest BCUT2D eigenvalue weighted by Gasteiger charge is -2.27. The number of halogens is 1. The van der Waals surface area contributed by atoms with Crippen molar-refractivity contribution < 1.29 is 9.53 Å². The Hall–Kier alpha value is -0.610. The second-order valence-corrected chi connectivity index (χ2v) is 7.90. The van der Waals surface area contributed by atoms with E-state index in [1.165, 1.54) is 12.8 Å². The summed E-state index contributed by atoms with van der Waals surface area (Å²) in [5.41, 5.74) is 0. The summed E-state index contributed by atoms with van der Waals surface area (Å²) in [6.07, 6.45) is 4.66. The summed E-state index contributed by atoms with van der Waals surface area (Å²) in [5.74, 6) is 1.38. The SMILES string of the molecule is CC1CN(C2CC2)CC1NC(=NCC(=O)N(C)C)NC1CCOCC1.I. The molecule has 2 unspecified atom stereocenters. The molecule has 2 heterocycles. The first-order valence-corrected chi connectivity index (χ1v) is 9.62. The molecule has 0 bridgehead atoms. The highest BCUT2D eigenvalue weighted by Gasteiger charge is 2.38. The van der Waals surface area contributed by atoms with Crippen molar-refractivity contribution in [2.75, 3.05) is 46.9 Å². The summed E-state index contributed by atoms with van der Waals surface area (Å²) >= 11 is 0. The minimum Gasteiger partial charge on any atom is -0.381 e. The van der Waals surface area contributed by atoms with Crippen molar-refractivity contribution >= 4 is 35.8 Å². The number of hydrogen-bond acceptors (Lipinski definition) is 4. The maximum absolute atomic E-state index is 11.9. The van der Waals surface area contributed by atoms with Gasteiger partial charge in [-0.2, -0.15) is 0 Å². The van der Waals surface area contributed by atoms with Gasteiger partial charge >= 0.3 is 0 Å². The summed E-state index contributed by atoms with van der Waals surface area (Å²) in [4.78, 5) is 20.7. The van der Waals surface area contributed by atoms with Crippen molar-refractivity contribution in [3.63, 3.8) is 0 Å². The van der Waals surface area contributed by atoms with Crippen molar-refractivity contribution in [2.45, 2.75) is 50.7 Å². The lowest BCUT2D eigenvalue weighted by atomic mass is 10.1. The smallest absolute Gasteiger partial charge is 0.243 e. The number of nitrogens with zero attached hydrogens (tertiary/aromatic N) is 3. The second kappa shape index (κ2) is 10.1. The highest BCUT2D eigenvalue weighted by Crippen LogP contribution is 2.31. The Balaban J connectivity index is 0.00000243. The Labute approximate surface area is 174 Å². The fourth-order valence-corrected chi connectivity index (χ4v) is 3.56. The second-order valence-electron chi connectivity index (χ2n) is 7.90. The van der Waals surface area contributed by atoms with Crippen LogP contribution in [-0.4, -0.2) is 86.7 Å². The molecule has 3 aliphatic rings. The minimum atomic E-state index is 0. The Morgan fingerprint density at radius 2 is 1.85 bits per heavy atom. The van der Waals surface area contributed by atoms with Crippen LogP contribution in [0, 0.1) is 5.92 Å². The Morgan fingerprint density at radius 3 is 2.46 bits per heavy atom. The highest BCUT2D eigenvalue weighted by atomic mass is 127. The van der Waals surface area contributed by atoms with E-state index in [9.17, 15) is 4.79 Å².